The highest BCUT2D eigenvalue weighted by Crippen LogP contribution is 2.30. The summed E-state index contributed by atoms with van der Waals surface area (Å²) in [6.07, 6.45) is 3.39. The minimum absolute atomic E-state index is 0.219. The Morgan fingerprint density at radius 2 is 1.65 bits per heavy atom. The molecule has 1 aliphatic carbocycles. The average Bonchev–Trinajstić information content (AvgIpc) is 2.74. The number of carbonyl (C=O) groups excluding carboxylic acids is 1. The Kier molecular flexibility index (Phi) is 6.95. The van der Waals surface area contributed by atoms with Gasteiger partial charge in [-0.3, -0.25) is 0 Å². The zero-order valence-electron chi connectivity index (χ0n) is 18.1. The number of fused-ring (bicyclic) bond motifs is 1. The number of hydrogen-bond donors (Lipinski definition) is 2. The molecule has 2 N–H and O–H groups in total. The molecular weight excluding hydrogens is 402 g/mol. The predicted molar refractivity (Wildman–Crippen MR) is 130 cm³/mol. The van der Waals surface area contributed by atoms with Gasteiger partial charge < -0.3 is 15.5 Å². The Morgan fingerprint density at radius 3 is 2.42 bits per heavy atom. The molecule has 0 saturated heterocycles. The van der Waals surface area contributed by atoms with Crippen LogP contribution in [0.3, 0.4) is 0 Å². The van der Waals surface area contributed by atoms with Crippen molar-refractivity contribution >= 4 is 29.2 Å². The molecule has 0 spiro atoms. The Balaban J connectivity index is 1.36. The lowest BCUT2D eigenvalue weighted by molar-refractivity contribution is 0.262. The number of aryl methyl sites for hydroxylation is 1. The summed E-state index contributed by atoms with van der Waals surface area (Å²) in [5.74, 6) is 0.714. The van der Waals surface area contributed by atoms with Gasteiger partial charge >= 0.3 is 6.03 Å². The largest absolute Gasteiger partial charge is 0.323 e. The first-order valence-electron chi connectivity index (χ1n) is 10.7. The van der Waals surface area contributed by atoms with E-state index in [9.17, 15) is 4.79 Å². The second-order valence-electron chi connectivity index (χ2n) is 8.38. The summed E-state index contributed by atoms with van der Waals surface area (Å²) < 4.78 is 0. The van der Waals surface area contributed by atoms with Crippen molar-refractivity contribution in [3.63, 3.8) is 0 Å². The fourth-order valence-corrected chi connectivity index (χ4v) is 5.03. The molecule has 1 atom stereocenters. The number of hydrogen-bond acceptors (Lipinski definition) is 3. The number of urea groups is 1. The Morgan fingerprint density at radius 1 is 0.903 bits per heavy atom. The Labute approximate surface area is 189 Å². The normalized spacial score (nSPS) is 15.4. The molecule has 0 bridgehead atoms. The minimum Gasteiger partial charge on any atom is -0.309 e. The smallest absolute Gasteiger partial charge is 0.309 e. The zero-order valence-corrected chi connectivity index (χ0v) is 18.9. The van der Waals surface area contributed by atoms with Gasteiger partial charge in [0.2, 0.25) is 0 Å². The van der Waals surface area contributed by atoms with Crippen LogP contribution >= 0.6 is 11.8 Å². The van der Waals surface area contributed by atoms with Crippen LogP contribution in [0.4, 0.5) is 16.2 Å². The van der Waals surface area contributed by atoms with Gasteiger partial charge in [-0.1, -0.05) is 42.1 Å². The van der Waals surface area contributed by atoms with E-state index < -0.39 is 0 Å². The zero-order chi connectivity index (χ0) is 21.6. The van der Waals surface area contributed by atoms with Crippen molar-refractivity contribution in [2.75, 3.05) is 31.3 Å². The van der Waals surface area contributed by atoms with Gasteiger partial charge in [0.15, 0.2) is 0 Å². The lowest BCUT2D eigenvalue weighted by Crippen LogP contribution is -2.26. The molecule has 4 nitrogen and oxygen atoms in total. The number of rotatable bonds is 6. The van der Waals surface area contributed by atoms with Gasteiger partial charge in [0, 0.05) is 27.7 Å². The molecule has 3 aromatic rings. The SMILES string of the molecule is CN(C)CC1CCc2cc(NC(=O)Nc3cccc(Sc4ccccc4)c3)ccc2C1. The van der Waals surface area contributed by atoms with E-state index in [0.29, 0.717) is 5.92 Å². The van der Waals surface area contributed by atoms with Crippen LogP contribution in [-0.4, -0.2) is 31.6 Å². The summed E-state index contributed by atoms with van der Waals surface area (Å²) in [6.45, 7) is 1.13. The Bertz CT molecular complexity index is 1040. The summed E-state index contributed by atoms with van der Waals surface area (Å²) in [5.41, 5.74) is 4.39. The second kappa shape index (κ2) is 10.0. The number of carbonyl (C=O) groups is 1. The van der Waals surface area contributed by atoms with Crippen LogP contribution in [0.1, 0.15) is 17.5 Å². The van der Waals surface area contributed by atoms with Crippen molar-refractivity contribution in [3.8, 4) is 0 Å². The van der Waals surface area contributed by atoms with Crippen molar-refractivity contribution in [1.82, 2.24) is 4.90 Å². The molecule has 0 saturated carbocycles. The molecule has 1 aliphatic rings. The molecule has 31 heavy (non-hydrogen) atoms. The van der Waals surface area contributed by atoms with E-state index in [-0.39, 0.29) is 6.03 Å². The molecule has 0 aliphatic heterocycles. The van der Waals surface area contributed by atoms with Crippen LogP contribution in [0, 0.1) is 5.92 Å². The number of benzene rings is 3. The predicted octanol–water partition coefficient (Wildman–Crippen LogP) is 6.15. The topological polar surface area (TPSA) is 44.4 Å². The van der Waals surface area contributed by atoms with Gasteiger partial charge in [0.25, 0.3) is 0 Å². The fraction of sp³-hybridized carbons (Fsp3) is 0.269. The van der Waals surface area contributed by atoms with E-state index in [4.69, 9.17) is 0 Å². The van der Waals surface area contributed by atoms with Crippen molar-refractivity contribution in [3.05, 3.63) is 83.9 Å². The third-order valence-electron chi connectivity index (χ3n) is 5.49. The summed E-state index contributed by atoms with van der Waals surface area (Å²) in [5, 5.41) is 5.94. The molecule has 0 heterocycles. The molecule has 5 heteroatoms. The molecular formula is C26H29N3OS. The summed E-state index contributed by atoms with van der Waals surface area (Å²) in [7, 11) is 4.27. The van der Waals surface area contributed by atoms with Crippen molar-refractivity contribution < 1.29 is 4.79 Å². The first-order valence-corrected chi connectivity index (χ1v) is 11.5. The summed E-state index contributed by atoms with van der Waals surface area (Å²) in [4.78, 5) is 17.1. The first-order chi connectivity index (χ1) is 15.0. The standard InChI is InChI=1S/C26H29N3OS/c1-29(2)18-19-11-12-21-16-23(14-13-20(21)15-19)28-26(30)27-22-7-6-10-25(17-22)31-24-8-4-3-5-9-24/h3-10,13-14,16-17,19H,11-12,15,18H2,1-2H3,(H2,27,28,30). The van der Waals surface area contributed by atoms with Crippen molar-refractivity contribution in [1.29, 1.82) is 0 Å². The third kappa shape index (κ3) is 6.12. The van der Waals surface area contributed by atoms with Crippen LogP contribution in [0.25, 0.3) is 0 Å². The fourth-order valence-electron chi connectivity index (χ4n) is 4.14. The number of nitrogens with one attached hydrogen (secondary N) is 2. The van der Waals surface area contributed by atoms with Crippen LogP contribution in [0.15, 0.2) is 82.6 Å². The van der Waals surface area contributed by atoms with Gasteiger partial charge in [-0.2, -0.15) is 0 Å². The van der Waals surface area contributed by atoms with Crippen molar-refractivity contribution in [2.45, 2.75) is 29.1 Å². The molecule has 4 rings (SSSR count). The van der Waals surface area contributed by atoms with Crippen LogP contribution in [-0.2, 0) is 12.8 Å². The summed E-state index contributed by atoms with van der Waals surface area (Å²) >= 11 is 1.68. The quantitative estimate of drug-likeness (QED) is 0.492. The molecule has 0 aromatic heterocycles. The van der Waals surface area contributed by atoms with Crippen molar-refractivity contribution in [2.24, 2.45) is 5.92 Å². The van der Waals surface area contributed by atoms with Crippen LogP contribution in [0.5, 0.6) is 0 Å². The first kappa shape index (κ1) is 21.5. The molecule has 0 radical (unpaired) electrons. The van der Waals surface area contributed by atoms with Gasteiger partial charge in [-0.15, -0.1) is 0 Å². The maximum Gasteiger partial charge on any atom is 0.323 e. The van der Waals surface area contributed by atoms with E-state index >= 15 is 0 Å². The van der Waals surface area contributed by atoms with Gasteiger partial charge in [0.05, 0.1) is 0 Å². The van der Waals surface area contributed by atoms with Gasteiger partial charge in [0.1, 0.15) is 0 Å². The monoisotopic (exact) mass is 431 g/mol. The van der Waals surface area contributed by atoms with Crippen LogP contribution in [0.2, 0.25) is 0 Å². The van der Waals surface area contributed by atoms with E-state index in [1.807, 2.05) is 48.5 Å². The van der Waals surface area contributed by atoms with E-state index in [2.05, 4.69) is 53.9 Å². The lowest BCUT2D eigenvalue weighted by atomic mass is 9.83. The highest BCUT2D eigenvalue weighted by atomic mass is 32.2. The average molecular weight is 432 g/mol. The molecule has 160 valence electrons. The minimum atomic E-state index is -0.219. The van der Waals surface area contributed by atoms with Gasteiger partial charge in [-0.05, 0) is 92.9 Å². The van der Waals surface area contributed by atoms with E-state index in [1.165, 1.54) is 22.4 Å². The van der Waals surface area contributed by atoms with E-state index in [1.54, 1.807) is 11.8 Å². The molecule has 1 unspecified atom stereocenters. The number of amides is 2. The maximum absolute atomic E-state index is 12.6. The maximum atomic E-state index is 12.6. The highest BCUT2D eigenvalue weighted by Gasteiger charge is 2.19. The molecule has 2 amide bonds. The molecule has 3 aromatic carbocycles. The van der Waals surface area contributed by atoms with Gasteiger partial charge in [-0.25, -0.2) is 4.79 Å². The highest BCUT2D eigenvalue weighted by molar-refractivity contribution is 7.99. The lowest BCUT2D eigenvalue weighted by Gasteiger charge is -2.27. The number of nitrogens with zero attached hydrogens (tertiary/aromatic N) is 1. The molecule has 0 fully saturated rings. The Hall–Kier alpha value is -2.76. The van der Waals surface area contributed by atoms with E-state index in [0.717, 1.165) is 35.7 Å². The summed E-state index contributed by atoms with van der Waals surface area (Å²) in [6, 6.07) is 24.2. The second-order valence-corrected chi connectivity index (χ2v) is 9.52. The third-order valence-corrected chi connectivity index (χ3v) is 6.49. The van der Waals surface area contributed by atoms with Crippen LogP contribution < -0.4 is 10.6 Å². The number of anilines is 2.